The number of rotatable bonds is 9. The molecule has 1 amide bonds. The molecule has 0 spiro atoms. The Hall–Kier alpha value is -3.39. The van der Waals surface area contributed by atoms with E-state index in [-0.39, 0.29) is 23.1 Å². The molecule has 3 atom stereocenters. The molecule has 0 bridgehead atoms. The van der Waals surface area contributed by atoms with Crippen LogP contribution in [0.1, 0.15) is 53.5 Å². The minimum absolute atomic E-state index is 0.0617. The van der Waals surface area contributed by atoms with Gasteiger partial charge in [-0.05, 0) is 58.3 Å². The van der Waals surface area contributed by atoms with Crippen LogP contribution in [-0.4, -0.2) is 66.8 Å². The molecular formula is C25H36F2N6O5S. The van der Waals surface area contributed by atoms with Crippen LogP contribution in [-0.2, 0) is 26.4 Å². The summed E-state index contributed by atoms with van der Waals surface area (Å²) >= 11 is 5.57. The van der Waals surface area contributed by atoms with E-state index in [2.05, 4.69) is 20.8 Å². The topological polar surface area (TPSA) is 131 Å². The molecule has 1 unspecified atom stereocenters. The standard InChI is InChI=1S/C25H36F2N6O5S/c1-15(2)10-20(21(34)37-7)30-22(39)33(31-23(35)38-24(4,5)6)16(3)25(36,12-32-14-28-13-29-32)18-9-8-17(26)11-19(18)27/h8-9,11,13-16,20,36H,10,12H2,1-7H3,(H,30,39)(H,31,35)/t16-,20?,25-/m1/s1. The van der Waals surface area contributed by atoms with E-state index in [1.54, 1.807) is 20.8 Å². The Bertz CT molecular complexity index is 1140. The lowest BCUT2D eigenvalue weighted by molar-refractivity contribution is -0.143. The summed E-state index contributed by atoms with van der Waals surface area (Å²) in [5.41, 5.74) is -0.869. The van der Waals surface area contributed by atoms with Crippen molar-refractivity contribution < 1.29 is 33.0 Å². The lowest BCUT2D eigenvalue weighted by Gasteiger charge is -2.42. The average Bonchev–Trinajstić information content (AvgIpc) is 3.32. The molecule has 39 heavy (non-hydrogen) atoms. The molecule has 0 saturated carbocycles. The first kappa shape index (κ1) is 31.8. The SMILES string of the molecule is COC(=O)C(CC(C)C)NC(=S)N(NC(=O)OC(C)(C)C)[C@H](C)[C@](O)(Cn1cncn1)c1ccc(F)cc1F. The second-order valence-corrected chi connectivity index (χ2v) is 10.8. The fourth-order valence-corrected chi connectivity index (χ4v) is 4.17. The highest BCUT2D eigenvalue weighted by molar-refractivity contribution is 7.80. The number of carbonyl (C=O) groups excluding carboxylic acids is 2. The molecule has 0 radical (unpaired) electrons. The zero-order valence-electron chi connectivity index (χ0n) is 23.1. The van der Waals surface area contributed by atoms with Crippen molar-refractivity contribution in [3.8, 4) is 0 Å². The van der Waals surface area contributed by atoms with Crippen molar-refractivity contribution in [2.45, 2.75) is 77.8 Å². The van der Waals surface area contributed by atoms with Gasteiger partial charge < -0.3 is 19.9 Å². The van der Waals surface area contributed by atoms with E-state index < -0.39 is 47.0 Å². The van der Waals surface area contributed by atoms with Crippen LogP contribution in [0.3, 0.4) is 0 Å². The predicted molar refractivity (Wildman–Crippen MR) is 142 cm³/mol. The van der Waals surface area contributed by atoms with Gasteiger partial charge in [-0.2, -0.15) is 5.10 Å². The molecule has 0 aliphatic carbocycles. The summed E-state index contributed by atoms with van der Waals surface area (Å²) in [4.78, 5) is 29.2. The number of methoxy groups -OCH3 is 1. The Morgan fingerprint density at radius 1 is 1.23 bits per heavy atom. The van der Waals surface area contributed by atoms with Crippen LogP contribution in [0.25, 0.3) is 0 Å². The smallest absolute Gasteiger partial charge is 0.426 e. The molecule has 1 aromatic carbocycles. The Balaban J connectivity index is 2.58. The summed E-state index contributed by atoms with van der Waals surface area (Å²) in [5.74, 6) is -2.42. The normalized spacial score (nSPS) is 14.6. The third-order valence-corrected chi connectivity index (χ3v) is 5.98. The highest BCUT2D eigenvalue weighted by Gasteiger charge is 2.44. The second kappa shape index (κ2) is 13.1. The van der Waals surface area contributed by atoms with Gasteiger partial charge in [0.1, 0.15) is 41.5 Å². The largest absolute Gasteiger partial charge is 0.467 e. The molecule has 2 aromatic rings. The van der Waals surface area contributed by atoms with Crippen LogP contribution in [0.4, 0.5) is 13.6 Å². The highest BCUT2D eigenvalue weighted by Crippen LogP contribution is 2.32. The van der Waals surface area contributed by atoms with Crippen molar-refractivity contribution in [3.05, 3.63) is 48.1 Å². The maximum absolute atomic E-state index is 15.1. The van der Waals surface area contributed by atoms with E-state index in [1.807, 2.05) is 13.8 Å². The van der Waals surface area contributed by atoms with Crippen LogP contribution in [0.2, 0.25) is 0 Å². The monoisotopic (exact) mass is 570 g/mol. The maximum atomic E-state index is 15.1. The summed E-state index contributed by atoms with van der Waals surface area (Å²) < 4.78 is 40.4. The first-order valence-electron chi connectivity index (χ1n) is 12.2. The number of hydrogen-bond acceptors (Lipinski definition) is 8. The lowest BCUT2D eigenvalue weighted by Crippen LogP contribution is -2.63. The van der Waals surface area contributed by atoms with Crippen molar-refractivity contribution in [2.24, 2.45) is 5.92 Å². The Kier molecular flexibility index (Phi) is 10.7. The average molecular weight is 571 g/mol. The molecule has 11 nitrogen and oxygen atoms in total. The summed E-state index contributed by atoms with van der Waals surface area (Å²) in [6.07, 6.45) is 1.93. The van der Waals surface area contributed by atoms with E-state index in [0.717, 1.165) is 17.1 Å². The van der Waals surface area contributed by atoms with Crippen molar-refractivity contribution in [2.75, 3.05) is 7.11 Å². The molecule has 14 heteroatoms. The number of hydrogen-bond donors (Lipinski definition) is 3. The van der Waals surface area contributed by atoms with Gasteiger partial charge in [0.15, 0.2) is 5.11 Å². The van der Waals surface area contributed by atoms with Gasteiger partial charge in [-0.15, -0.1) is 0 Å². The minimum Gasteiger partial charge on any atom is -0.467 e. The molecular weight excluding hydrogens is 534 g/mol. The number of aromatic nitrogens is 3. The lowest BCUT2D eigenvalue weighted by atomic mass is 9.86. The number of esters is 1. The van der Waals surface area contributed by atoms with Gasteiger partial charge in [-0.25, -0.2) is 33.5 Å². The van der Waals surface area contributed by atoms with Crippen molar-refractivity contribution in [1.29, 1.82) is 0 Å². The van der Waals surface area contributed by atoms with Gasteiger partial charge in [-0.3, -0.25) is 5.01 Å². The van der Waals surface area contributed by atoms with Gasteiger partial charge in [0, 0.05) is 11.6 Å². The predicted octanol–water partition coefficient (Wildman–Crippen LogP) is 3.04. The maximum Gasteiger partial charge on any atom is 0.426 e. The molecule has 0 saturated heterocycles. The number of carbonyl (C=O) groups is 2. The van der Waals surface area contributed by atoms with Crippen LogP contribution < -0.4 is 10.7 Å². The number of halogens is 2. The van der Waals surface area contributed by atoms with Gasteiger partial charge in [0.25, 0.3) is 0 Å². The van der Waals surface area contributed by atoms with Crippen LogP contribution in [0.15, 0.2) is 30.9 Å². The van der Waals surface area contributed by atoms with Crippen molar-refractivity contribution in [1.82, 2.24) is 30.5 Å². The highest BCUT2D eigenvalue weighted by atomic mass is 32.1. The molecule has 1 heterocycles. The molecule has 0 aliphatic rings. The zero-order chi connectivity index (χ0) is 29.5. The van der Waals surface area contributed by atoms with Crippen molar-refractivity contribution >= 4 is 29.4 Å². The number of ether oxygens (including phenoxy) is 2. The number of hydrazine groups is 1. The van der Waals surface area contributed by atoms with E-state index in [0.29, 0.717) is 12.5 Å². The molecule has 216 valence electrons. The molecule has 1 aromatic heterocycles. The number of amides is 1. The number of benzene rings is 1. The van der Waals surface area contributed by atoms with E-state index in [1.165, 1.54) is 31.4 Å². The van der Waals surface area contributed by atoms with E-state index >= 15 is 4.39 Å². The minimum atomic E-state index is -2.18. The zero-order valence-corrected chi connectivity index (χ0v) is 23.9. The summed E-state index contributed by atoms with van der Waals surface area (Å²) in [6, 6.07) is 0.577. The fourth-order valence-electron chi connectivity index (χ4n) is 3.83. The number of nitrogens with zero attached hydrogens (tertiary/aromatic N) is 4. The van der Waals surface area contributed by atoms with E-state index in [4.69, 9.17) is 21.7 Å². The molecule has 3 N–H and O–H groups in total. The quantitative estimate of drug-likeness (QED) is 0.235. The van der Waals surface area contributed by atoms with Crippen LogP contribution in [0.5, 0.6) is 0 Å². The second-order valence-electron chi connectivity index (χ2n) is 10.5. The summed E-state index contributed by atoms with van der Waals surface area (Å²) in [5, 5.41) is 19.8. The third-order valence-electron chi connectivity index (χ3n) is 5.67. The van der Waals surface area contributed by atoms with Crippen LogP contribution in [0, 0.1) is 17.6 Å². The molecule has 0 aliphatic heterocycles. The number of nitrogens with one attached hydrogen (secondary N) is 2. The fraction of sp³-hybridized carbons (Fsp3) is 0.560. The van der Waals surface area contributed by atoms with Gasteiger partial charge in [-0.1, -0.05) is 19.9 Å². The van der Waals surface area contributed by atoms with Crippen molar-refractivity contribution in [3.63, 3.8) is 0 Å². The third kappa shape index (κ3) is 8.82. The molecule has 0 fully saturated rings. The number of thiocarbonyl (C=S) groups is 1. The Labute approximate surface area is 231 Å². The Morgan fingerprint density at radius 3 is 2.41 bits per heavy atom. The van der Waals surface area contributed by atoms with Gasteiger partial charge >= 0.3 is 12.1 Å². The summed E-state index contributed by atoms with van der Waals surface area (Å²) in [6.45, 7) is 9.85. The number of aliphatic hydroxyl groups is 1. The summed E-state index contributed by atoms with van der Waals surface area (Å²) in [7, 11) is 1.23. The van der Waals surface area contributed by atoms with Gasteiger partial charge in [0.2, 0.25) is 0 Å². The van der Waals surface area contributed by atoms with Gasteiger partial charge in [0.05, 0.1) is 19.7 Å². The first-order valence-corrected chi connectivity index (χ1v) is 12.7. The molecule has 2 rings (SSSR count). The van der Waals surface area contributed by atoms with E-state index in [9.17, 15) is 19.1 Å². The van der Waals surface area contributed by atoms with Crippen LogP contribution >= 0.6 is 12.2 Å². The Morgan fingerprint density at radius 2 is 1.90 bits per heavy atom. The first-order chi connectivity index (χ1) is 18.1.